The second-order valence-corrected chi connectivity index (χ2v) is 6.96. The first kappa shape index (κ1) is 19.5. The zero-order valence-corrected chi connectivity index (χ0v) is 17.3. The molecule has 1 aromatic carbocycles. The van der Waals surface area contributed by atoms with Gasteiger partial charge in [0.25, 0.3) is 0 Å². The maximum absolute atomic E-state index is 4.48. The van der Waals surface area contributed by atoms with E-state index in [4.69, 9.17) is 0 Å². The van der Waals surface area contributed by atoms with Crippen molar-refractivity contribution in [3.63, 3.8) is 0 Å². The van der Waals surface area contributed by atoms with E-state index in [0.717, 1.165) is 51.1 Å². The molecule has 5 heteroatoms. The molecule has 0 radical (unpaired) electrons. The number of nitrogens with one attached hydrogen (secondary N) is 1. The molecule has 1 N–H and O–H groups in total. The number of nitrogens with zero attached hydrogens (tertiary/aromatic N) is 3. The smallest absolute Gasteiger partial charge is 0.193 e. The van der Waals surface area contributed by atoms with Crippen molar-refractivity contribution in [1.29, 1.82) is 0 Å². The molecule has 0 bridgehead atoms. The van der Waals surface area contributed by atoms with Gasteiger partial charge in [-0.05, 0) is 36.3 Å². The summed E-state index contributed by atoms with van der Waals surface area (Å²) >= 11 is 0. The van der Waals surface area contributed by atoms with Crippen molar-refractivity contribution in [2.45, 2.75) is 32.7 Å². The summed E-state index contributed by atoms with van der Waals surface area (Å²) in [6.07, 6.45) is 3.81. The minimum Gasteiger partial charge on any atom is -0.355 e. The molecule has 0 aromatic heterocycles. The Morgan fingerprint density at radius 3 is 2.79 bits per heavy atom. The van der Waals surface area contributed by atoms with Gasteiger partial charge in [-0.3, -0.25) is 9.89 Å². The van der Waals surface area contributed by atoms with Gasteiger partial charge in [-0.15, -0.1) is 24.0 Å². The number of piperidine rings is 1. The van der Waals surface area contributed by atoms with Crippen LogP contribution in [0.15, 0.2) is 29.3 Å². The second kappa shape index (κ2) is 9.61. The molecule has 2 aliphatic heterocycles. The van der Waals surface area contributed by atoms with Gasteiger partial charge < -0.3 is 10.2 Å². The first-order valence-electron chi connectivity index (χ1n) is 9.01. The van der Waals surface area contributed by atoms with Gasteiger partial charge in [-0.1, -0.05) is 31.2 Å². The lowest BCUT2D eigenvalue weighted by atomic mass is 10.00. The molecule has 2 heterocycles. The van der Waals surface area contributed by atoms with Crippen LogP contribution in [-0.4, -0.2) is 55.5 Å². The third-order valence-electron chi connectivity index (χ3n) is 5.09. The van der Waals surface area contributed by atoms with Crippen molar-refractivity contribution < 1.29 is 0 Å². The number of likely N-dealkylation sites (tertiary alicyclic amines) is 1. The van der Waals surface area contributed by atoms with Crippen LogP contribution in [-0.2, 0) is 13.0 Å². The molecule has 0 amide bonds. The Kier molecular flexibility index (Phi) is 7.81. The first-order chi connectivity index (χ1) is 11.3. The lowest BCUT2D eigenvalue weighted by Gasteiger charge is -2.34. The lowest BCUT2D eigenvalue weighted by Crippen LogP contribution is -2.48. The molecule has 4 nitrogen and oxygen atoms in total. The van der Waals surface area contributed by atoms with Crippen LogP contribution in [0.5, 0.6) is 0 Å². The van der Waals surface area contributed by atoms with Gasteiger partial charge >= 0.3 is 0 Å². The molecular weight excluding hydrogens is 411 g/mol. The molecule has 1 saturated heterocycles. The summed E-state index contributed by atoms with van der Waals surface area (Å²) in [7, 11) is 1.90. The lowest BCUT2D eigenvalue weighted by molar-refractivity contribution is 0.248. The zero-order valence-electron chi connectivity index (χ0n) is 15.0. The van der Waals surface area contributed by atoms with Gasteiger partial charge in [0.2, 0.25) is 0 Å². The van der Waals surface area contributed by atoms with Gasteiger partial charge in [0, 0.05) is 46.3 Å². The van der Waals surface area contributed by atoms with Crippen molar-refractivity contribution >= 4 is 29.9 Å². The minimum atomic E-state index is 0. The third-order valence-corrected chi connectivity index (χ3v) is 5.09. The number of halogens is 1. The van der Waals surface area contributed by atoms with Crippen LogP contribution >= 0.6 is 24.0 Å². The Morgan fingerprint density at radius 2 is 2.04 bits per heavy atom. The number of aliphatic imine (C=N–C) groups is 1. The van der Waals surface area contributed by atoms with Gasteiger partial charge in [0.1, 0.15) is 0 Å². The van der Waals surface area contributed by atoms with E-state index >= 15 is 0 Å². The maximum atomic E-state index is 4.48. The second-order valence-electron chi connectivity index (χ2n) is 6.96. The summed E-state index contributed by atoms with van der Waals surface area (Å²) in [4.78, 5) is 9.44. The molecule has 1 fully saturated rings. The summed E-state index contributed by atoms with van der Waals surface area (Å²) in [5.41, 5.74) is 3.02. The van der Waals surface area contributed by atoms with E-state index in [0.29, 0.717) is 0 Å². The average Bonchev–Trinajstić information content (AvgIpc) is 2.58. The Labute approximate surface area is 163 Å². The summed E-state index contributed by atoms with van der Waals surface area (Å²) in [6.45, 7) is 8.91. The fourth-order valence-corrected chi connectivity index (χ4v) is 3.78. The first-order valence-corrected chi connectivity index (χ1v) is 9.01. The molecule has 0 spiro atoms. The molecule has 1 atom stereocenters. The fraction of sp³-hybridized carbons (Fsp3) is 0.632. The Hall–Kier alpha value is -0.820. The fourth-order valence-electron chi connectivity index (χ4n) is 3.78. The van der Waals surface area contributed by atoms with Crippen LogP contribution in [0.25, 0.3) is 0 Å². The standard InChI is InChI=1S/C19H30N4.HI/c1-16-6-5-11-23(14-16)19(20-2)21-10-13-22-12-9-17-7-3-4-8-18(17)15-22;/h3-4,7-8,16H,5-6,9-15H2,1-2H3,(H,20,21);1H. The molecule has 134 valence electrons. The summed E-state index contributed by atoms with van der Waals surface area (Å²) in [6, 6.07) is 8.84. The molecule has 1 unspecified atom stereocenters. The van der Waals surface area contributed by atoms with Gasteiger partial charge in [-0.25, -0.2) is 0 Å². The largest absolute Gasteiger partial charge is 0.355 e. The van der Waals surface area contributed by atoms with Crippen molar-refractivity contribution in [3.05, 3.63) is 35.4 Å². The monoisotopic (exact) mass is 442 g/mol. The van der Waals surface area contributed by atoms with E-state index in [1.807, 2.05) is 7.05 Å². The van der Waals surface area contributed by atoms with E-state index in [1.54, 1.807) is 0 Å². The SMILES string of the molecule is CN=C(NCCN1CCc2ccccc2C1)N1CCCC(C)C1.I. The maximum Gasteiger partial charge on any atom is 0.193 e. The summed E-state index contributed by atoms with van der Waals surface area (Å²) in [5, 5.41) is 3.57. The molecule has 1 aromatic rings. The molecule has 2 aliphatic rings. The quantitative estimate of drug-likeness (QED) is 0.444. The van der Waals surface area contributed by atoms with Crippen molar-refractivity contribution in [2.24, 2.45) is 10.9 Å². The number of benzene rings is 1. The van der Waals surface area contributed by atoms with Crippen LogP contribution < -0.4 is 5.32 Å². The van der Waals surface area contributed by atoms with Gasteiger partial charge in [-0.2, -0.15) is 0 Å². The van der Waals surface area contributed by atoms with Crippen molar-refractivity contribution in [1.82, 2.24) is 15.1 Å². The average molecular weight is 442 g/mol. The molecule has 24 heavy (non-hydrogen) atoms. The normalized spacial score (nSPS) is 21.8. The van der Waals surface area contributed by atoms with E-state index in [2.05, 4.69) is 51.3 Å². The van der Waals surface area contributed by atoms with Crippen LogP contribution in [0, 0.1) is 5.92 Å². The highest BCUT2D eigenvalue weighted by Crippen LogP contribution is 2.18. The van der Waals surface area contributed by atoms with E-state index in [9.17, 15) is 0 Å². The number of guanidine groups is 1. The Morgan fingerprint density at radius 1 is 1.25 bits per heavy atom. The number of hydrogen-bond donors (Lipinski definition) is 1. The van der Waals surface area contributed by atoms with Crippen LogP contribution in [0.1, 0.15) is 30.9 Å². The zero-order chi connectivity index (χ0) is 16.1. The predicted molar refractivity (Wildman–Crippen MR) is 112 cm³/mol. The highest BCUT2D eigenvalue weighted by atomic mass is 127. The van der Waals surface area contributed by atoms with Gasteiger partial charge in [0.05, 0.1) is 0 Å². The number of rotatable bonds is 3. The molecule has 3 rings (SSSR count). The van der Waals surface area contributed by atoms with Crippen molar-refractivity contribution in [2.75, 3.05) is 39.8 Å². The topological polar surface area (TPSA) is 30.9 Å². The minimum absolute atomic E-state index is 0. The molecule has 0 aliphatic carbocycles. The highest BCUT2D eigenvalue weighted by molar-refractivity contribution is 14.0. The highest BCUT2D eigenvalue weighted by Gasteiger charge is 2.19. The Bertz CT molecular complexity index is 546. The Balaban J connectivity index is 0.00000208. The van der Waals surface area contributed by atoms with Crippen molar-refractivity contribution in [3.8, 4) is 0 Å². The van der Waals surface area contributed by atoms with Crippen LogP contribution in [0.3, 0.4) is 0 Å². The van der Waals surface area contributed by atoms with E-state index < -0.39 is 0 Å². The summed E-state index contributed by atoms with van der Waals surface area (Å²) < 4.78 is 0. The third kappa shape index (κ3) is 5.09. The van der Waals surface area contributed by atoms with Crippen LogP contribution in [0.4, 0.5) is 0 Å². The predicted octanol–water partition coefficient (Wildman–Crippen LogP) is 2.97. The molecule has 0 saturated carbocycles. The number of hydrogen-bond acceptors (Lipinski definition) is 2. The van der Waals surface area contributed by atoms with E-state index in [-0.39, 0.29) is 24.0 Å². The van der Waals surface area contributed by atoms with Crippen LogP contribution in [0.2, 0.25) is 0 Å². The van der Waals surface area contributed by atoms with Gasteiger partial charge in [0.15, 0.2) is 5.96 Å². The van der Waals surface area contributed by atoms with E-state index in [1.165, 1.54) is 30.4 Å². The number of fused-ring (bicyclic) bond motifs is 1. The molecular formula is C19H31IN4. The summed E-state index contributed by atoms with van der Waals surface area (Å²) in [5.74, 6) is 1.86.